The van der Waals surface area contributed by atoms with Gasteiger partial charge in [0.25, 0.3) is 5.91 Å². The van der Waals surface area contributed by atoms with E-state index in [1.807, 2.05) is 66.9 Å². The Morgan fingerprint density at radius 1 is 1.26 bits per heavy atom. The predicted molar refractivity (Wildman–Crippen MR) is 135 cm³/mol. The highest BCUT2D eigenvalue weighted by molar-refractivity contribution is 6.02. The van der Waals surface area contributed by atoms with Gasteiger partial charge in [-0.05, 0) is 61.2 Å². The SMILES string of the molecule is CC(C)COc1ccc(-c2nn(-c3ccccc3)cc2/C=C(\C#N)C(=O)NCC2CCCO2)cc1. The maximum Gasteiger partial charge on any atom is 0.262 e. The summed E-state index contributed by atoms with van der Waals surface area (Å²) in [6.07, 6.45) is 5.34. The summed E-state index contributed by atoms with van der Waals surface area (Å²) in [4.78, 5) is 12.7. The van der Waals surface area contributed by atoms with Crippen molar-refractivity contribution < 1.29 is 14.3 Å². The van der Waals surface area contributed by atoms with Gasteiger partial charge in [0.15, 0.2) is 0 Å². The maximum atomic E-state index is 12.7. The van der Waals surface area contributed by atoms with Gasteiger partial charge in [-0.25, -0.2) is 4.68 Å². The minimum atomic E-state index is -0.418. The van der Waals surface area contributed by atoms with Crippen molar-refractivity contribution in [3.63, 3.8) is 0 Å². The van der Waals surface area contributed by atoms with Gasteiger partial charge in [-0.1, -0.05) is 32.0 Å². The van der Waals surface area contributed by atoms with E-state index in [0.717, 1.165) is 29.8 Å². The van der Waals surface area contributed by atoms with Crippen LogP contribution in [0.2, 0.25) is 0 Å². The number of rotatable bonds is 9. The first-order valence-electron chi connectivity index (χ1n) is 11.9. The van der Waals surface area contributed by atoms with Crippen LogP contribution in [0.3, 0.4) is 0 Å². The molecule has 0 spiro atoms. The largest absolute Gasteiger partial charge is 0.493 e. The summed E-state index contributed by atoms with van der Waals surface area (Å²) in [5, 5.41) is 17.3. The topological polar surface area (TPSA) is 89.2 Å². The van der Waals surface area contributed by atoms with Crippen molar-refractivity contribution in [3.8, 4) is 28.8 Å². The van der Waals surface area contributed by atoms with Crippen molar-refractivity contribution in [2.24, 2.45) is 5.92 Å². The zero-order chi connectivity index (χ0) is 24.6. The van der Waals surface area contributed by atoms with E-state index in [9.17, 15) is 10.1 Å². The number of aromatic nitrogens is 2. The molecule has 1 atom stereocenters. The molecule has 1 fully saturated rings. The lowest BCUT2D eigenvalue weighted by atomic mass is 10.1. The van der Waals surface area contributed by atoms with Crippen LogP contribution in [0.1, 0.15) is 32.3 Å². The monoisotopic (exact) mass is 470 g/mol. The summed E-state index contributed by atoms with van der Waals surface area (Å²) in [5.74, 6) is 0.802. The molecule has 35 heavy (non-hydrogen) atoms. The average molecular weight is 471 g/mol. The number of nitriles is 1. The molecule has 1 saturated heterocycles. The third-order valence-corrected chi connectivity index (χ3v) is 5.65. The molecule has 0 saturated carbocycles. The standard InChI is InChI=1S/C28H30N4O3/c1-20(2)19-35-25-12-10-21(11-13-25)27-23(18-32(31-27)24-7-4-3-5-8-24)15-22(16-29)28(33)30-17-26-9-6-14-34-26/h3-5,7-8,10-13,15,18,20,26H,6,9,14,17,19H2,1-2H3,(H,30,33)/b22-15+. The molecule has 3 aromatic rings. The summed E-state index contributed by atoms with van der Waals surface area (Å²) in [5.41, 5.74) is 3.11. The number of hydrogen-bond acceptors (Lipinski definition) is 5. The number of amides is 1. The highest BCUT2D eigenvalue weighted by Gasteiger charge is 2.19. The molecule has 1 amide bonds. The van der Waals surface area contributed by atoms with Crippen LogP contribution in [0.4, 0.5) is 0 Å². The van der Waals surface area contributed by atoms with E-state index in [-0.39, 0.29) is 11.7 Å². The quantitative estimate of drug-likeness (QED) is 0.359. The van der Waals surface area contributed by atoms with Crippen LogP contribution in [0.5, 0.6) is 5.75 Å². The van der Waals surface area contributed by atoms with Crippen molar-refractivity contribution in [2.75, 3.05) is 19.8 Å². The molecule has 7 heteroatoms. The molecule has 180 valence electrons. The zero-order valence-electron chi connectivity index (χ0n) is 20.1. The third kappa shape index (κ3) is 6.37. The summed E-state index contributed by atoms with van der Waals surface area (Å²) in [7, 11) is 0. The van der Waals surface area contributed by atoms with Gasteiger partial charge in [-0.15, -0.1) is 0 Å². The van der Waals surface area contributed by atoms with Crippen molar-refractivity contribution in [2.45, 2.75) is 32.8 Å². The number of carbonyl (C=O) groups is 1. The highest BCUT2D eigenvalue weighted by Crippen LogP contribution is 2.28. The Hall–Kier alpha value is -3.89. The van der Waals surface area contributed by atoms with E-state index in [0.29, 0.717) is 36.9 Å². The Bertz CT molecular complexity index is 1200. The fraction of sp³-hybridized carbons (Fsp3) is 0.321. The molecule has 0 aliphatic carbocycles. The van der Waals surface area contributed by atoms with Gasteiger partial charge in [0.1, 0.15) is 17.4 Å². The molecular weight excluding hydrogens is 440 g/mol. The molecule has 2 aromatic carbocycles. The van der Waals surface area contributed by atoms with Gasteiger partial charge in [-0.3, -0.25) is 4.79 Å². The van der Waals surface area contributed by atoms with E-state index >= 15 is 0 Å². The van der Waals surface area contributed by atoms with Crippen LogP contribution < -0.4 is 10.1 Å². The first-order valence-corrected chi connectivity index (χ1v) is 11.9. The predicted octanol–water partition coefficient (Wildman–Crippen LogP) is 4.78. The smallest absolute Gasteiger partial charge is 0.262 e. The van der Waals surface area contributed by atoms with Crippen molar-refractivity contribution >= 4 is 12.0 Å². The first kappa shape index (κ1) is 24.2. The number of nitrogens with one attached hydrogen (secondary N) is 1. The number of carbonyl (C=O) groups excluding carboxylic acids is 1. The Morgan fingerprint density at radius 3 is 2.69 bits per heavy atom. The van der Waals surface area contributed by atoms with Gasteiger partial charge in [0.05, 0.1) is 24.1 Å². The third-order valence-electron chi connectivity index (χ3n) is 5.65. The number of hydrogen-bond donors (Lipinski definition) is 1. The fourth-order valence-electron chi connectivity index (χ4n) is 3.81. The number of para-hydroxylation sites is 1. The highest BCUT2D eigenvalue weighted by atomic mass is 16.5. The van der Waals surface area contributed by atoms with Gasteiger partial charge >= 0.3 is 0 Å². The molecule has 2 heterocycles. The van der Waals surface area contributed by atoms with Crippen LogP contribution >= 0.6 is 0 Å². The van der Waals surface area contributed by atoms with E-state index < -0.39 is 5.91 Å². The van der Waals surface area contributed by atoms with Gasteiger partial charge in [-0.2, -0.15) is 10.4 Å². The van der Waals surface area contributed by atoms with Gasteiger partial charge < -0.3 is 14.8 Å². The normalized spacial score (nSPS) is 15.7. The summed E-state index contributed by atoms with van der Waals surface area (Å²) >= 11 is 0. The lowest BCUT2D eigenvalue weighted by molar-refractivity contribution is -0.117. The van der Waals surface area contributed by atoms with Crippen LogP contribution in [0, 0.1) is 17.2 Å². The fourth-order valence-corrected chi connectivity index (χ4v) is 3.81. The minimum absolute atomic E-state index is 0.00622. The van der Waals surface area contributed by atoms with Gasteiger partial charge in [0, 0.05) is 30.5 Å². The molecule has 7 nitrogen and oxygen atoms in total. The summed E-state index contributed by atoms with van der Waals surface area (Å²) in [6, 6.07) is 19.5. The average Bonchev–Trinajstić information content (AvgIpc) is 3.55. The maximum absolute atomic E-state index is 12.7. The minimum Gasteiger partial charge on any atom is -0.493 e. The molecule has 1 aliphatic heterocycles. The van der Waals surface area contributed by atoms with Crippen LogP contribution in [-0.4, -0.2) is 41.6 Å². The Balaban J connectivity index is 1.63. The van der Waals surface area contributed by atoms with E-state index in [4.69, 9.17) is 14.6 Å². The van der Waals surface area contributed by atoms with E-state index in [1.54, 1.807) is 10.8 Å². The van der Waals surface area contributed by atoms with Crippen molar-refractivity contribution in [3.05, 3.63) is 71.9 Å². The molecule has 4 rings (SSSR count). The van der Waals surface area contributed by atoms with E-state index in [1.165, 1.54) is 0 Å². The molecular formula is C28H30N4O3. The molecule has 1 aromatic heterocycles. The van der Waals surface area contributed by atoms with Gasteiger partial charge in [0.2, 0.25) is 0 Å². The molecule has 0 bridgehead atoms. The van der Waals surface area contributed by atoms with E-state index in [2.05, 4.69) is 19.2 Å². The lowest BCUT2D eigenvalue weighted by Gasteiger charge is -2.10. The second kappa shape index (κ2) is 11.5. The van der Waals surface area contributed by atoms with Crippen LogP contribution in [0.25, 0.3) is 23.0 Å². The Morgan fingerprint density at radius 2 is 2.03 bits per heavy atom. The molecule has 0 radical (unpaired) electrons. The number of nitrogens with zero attached hydrogens (tertiary/aromatic N) is 3. The lowest BCUT2D eigenvalue weighted by Crippen LogP contribution is -2.32. The second-order valence-corrected chi connectivity index (χ2v) is 8.96. The number of ether oxygens (including phenoxy) is 2. The number of benzene rings is 2. The van der Waals surface area contributed by atoms with Crippen LogP contribution in [-0.2, 0) is 9.53 Å². The summed E-state index contributed by atoms with van der Waals surface area (Å²) < 4.78 is 13.1. The molecule has 1 N–H and O–H groups in total. The first-order chi connectivity index (χ1) is 17.0. The molecule has 1 aliphatic rings. The van der Waals surface area contributed by atoms with Crippen LogP contribution in [0.15, 0.2) is 66.4 Å². The zero-order valence-corrected chi connectivity index (χ0v) is 20.1. The summed E-state index contributed by atoms with van der Waals surface area (Å²) in [6.45, 7) is 5.96. The van der Waals surface area contributed by atoms with Crippen molar-refractivity contribution in [1.82, 2.24) is 15.1 Å². The second-order valence-electron chi connectivity index (χ2n) is 8.96. The Kier molecular flexibility index (Phi) is 7.96. The Labute approximate surface area is 206 Å². The van der Waals surface area contributed by atoms with Crippen molar-refractivity contribution in [1.29, 1.82) is 5.26 Å². The molecule has 1 unspecified atom stereocenters.